The zero-order chi connectivity index (χ0) is 17.1. The van der Waals surface area contributed by atoms with E-state index in [4.69, 9.17) is 4.74 Å². The molecule has 0 bridgehead atoms. The summed E-state index contributed by atoms with van der Waals surface area (Å²) >= 11 is 0. The third kappa shape index (κ3) is 2.76. The highest BCUT2D eigenvalue weighted by Crippen LogP contribution is 2.31. The Balaban J connectivity index is 2.17. The fourth-order valence-corrected chi connectivity index (χ4v) is 2.81. The summed E-state index contributed by atoms with van der Waals surface area (Å²) in [5.74, 6) is 0. The molecule has 0 fully saturated rings. The SMILES string of the molecule is CC=C(c1cnc[nH]1)c1cccc2ccc(N(C)C(=O)OC)cc12. The van der Waals surface area contributed by atoms with E-state index in [2.05, 4.69) is 28.2 Å². The fraction of sp³-hybridized carbons (Fsp3) is 0.158. The Kier molecular flexibility index (Phi) is 4.33. The normalized spacial score (nSPS) is 11.5. The molecule has 0 saturated heterocycles. The Bertz CT molecular complexity index is 898. The monoisotopic (exact) mass is 321 g/mol. The predicted molar refractivity (Wildman–Crippen MR) is 96.1 cm³/mol. The van der Waals surface area contributed by atoms with Gasteiger partial charge in [0.15, 0.2) is 0 Å². The molecule has 5 heteroatoms. The first-order chi connectivity index (χ1) is 11.7. The highest BCUT2D eigenvalue weighted by Gasteiger charge is 2.14. The Hall–Kier alpha value is -3.08. The third-order valence-corrected chi connectivity index (χ3v) is 4.07. The Morgan fingerprint density at radius 2 is 2.12 bits per heavy atom. The number of nitrogens with one attached hydrogen (secondary N) is 1. The summed E-state index contributed by atoms with van der Waals surface area (Å²) in [6.07, 6.45) is 5.13. The van der Waals surface area contributed by atoms with Gasteiger partial charge in [-0.15, -0.1) is 0 Å². The molecular weight excluding hydrogens is 302 g/mol. The molecule has 0 aliphatic rings. The second-order valence-electron chi connectivity index (χ2n) is 5.41. The van der Waals surface area contributed by atoms with Gasteiger partial charge in [0.05, 0.1) is 25.3 Å². The van der Waals surface area contributed by atoms with Crippen LogP contribution in [0.15, 0.2) is 55.0 Å². The van der Waals surface area contributed by atoms with E-state index in [-0.39, 0.29) is 0 Å². The Morgan fingerprint density at radius 1 is 1.29 bits per heavy atom. The van der Waals surface area contributed by atoms with E-state index in [1.165, 1.54) is 12.0 Å². The number of aromatic nitrogens is 2. The van der Waals surface area contributed by atoms with Crippen LogP contribution in [0.3, 0.4) is 0 Å². The molecule has 0 saturated carbocycles. The lowest BCUT2D eigenvalue weighted by molar-refractivity contribution is 0.180. The van der Waals surface area contributed by atoms with Gasteiger partial charge < -0.3 is 9.72 Å². The van der Waals surface area contributed by atoms with E-state index in [0.717, 1.165) is 33.3 Å². The zero-order valence-electron chi connectivity index (χ0n) is 13.9. The number of fused-ring (bicyclic) bond motifs is 1. The number of hydrogen-bond donors (Lipinski definition) is 1. The summed E-state index contributed by atoms with van der Waals surface area (Å²) in [6, 6.07) is 12.1. The summed E-state index contributed by atoms with van der Waals surface area (Å²) in [5, 5.41) is 2.17. The van der Waals surface area contributed by atoms with Gasteiger partial charge in [-0.25, -0.2) is 9.78 Å². The van der Waals surface area contributed by atoms with Crippen molar-refractivity contribution < 1.29 is 9.53 Å². The molecule has 0 radical (unpaired) electrons. The van der Waals surface area contributed by atoms with Gasteiger partial charge in [-0.3, -0.25) is 4.90 Å². The number of benzene rings is 2. The molecule has 1 heterocycles. The van der Waals surface area contributed by atoms with Crippen LogP contribution < -0.4 is 4.90 Å². The number of ether oxygens (including phenoxy) is 1. The van der Waals surface area contributed by atoms with Crippen LogP contribution in [0.2, 0.25) is 0 Å². The van der Waals surface area contributed by atoms with Crippen LogP contribution in [0.5, 0.6) is 0 Å². The van der Waals surface area contributed by atoms with Crippen LogP contribution in [0.1, 0.15) is 18.2 Å². The topological polar surface area (TPSA) is 58.2 Å². The number of imidazole rings is 1. The number of carbonyl (C=O) groups excluding carboxylic acids is 1. The van der Waals surface area contributed by atoms with E-state index < -0.39 is 6.09 Å². The van der Waals surface area contributed by atoms with E-state index in [9.17, 15) is 4.79 Å². The highest BCUT2D eigenvalue weighted by atomic mass is 16.5. The molecule has 3 aromatic rings. The maximum Gasteiger partial charge on any atom is 0.413 e. The number of anilines is 1. The summed E-state index contributed by atoms with van der Waals surface area (Å²) in [5.41, 5.74) is 3.88. The van der Waals surface area contributed by atoms with E-state index in [1.807, 2.05) is 31.2 Å². The van der Waals surface area contributed by atoms with Crippen LogP contribution in [0.4, 0.5) is 10.5 Å². The lowest BCUT2D eigenvalue weighted by Gasteiger charge is -2.17. The van der Waals surface area contributed by atoms with Gasteiger partial charge in [0.1, 0.15) is 0 Å². The number of hydrogen-bond acceptors (Lipinski definition) is 3. The van der Waals surface area contributed by atoms with Crippen molar-refractivity contribution >= 4 is 28.1 Å². The summed E-state index contributed by atoms with van der Waals surface area (Å²) in [4.78, 5) is 20.5. The molecule has 2 aromatic carbocycles. The molecule has 0 aliphatic carbocycles. The Labute approximate surface area is 140 Å². The molecule has 0 spiro atoms. The first kappa shape index (κ1) is 15.8. The molecule has 1 N–H and O–H groups in total. The third-order valence-electron chi connectivity index (χ3n) is 4.07. The second-order valence-corrected chi connectivity index (χ2v) is 5.41. The molecular formula is C19H19N3O2. The van der Waals surface area contributed by atoms with Gasteiger partial charge in [0, 0.05) is 18.3 Å². The minimum Gasteiger partial charge on any atom is -0.452 e. The molecule has 1 amide bonds. The van der Waals surface area contributed by atoms with Gasteiger partial charge in [-0.2, -0.15) is 0 Å². The first-order valence-corrected chi connectivity index (χ1v) is 7.65. The van der Waals surface area contributed by atoms with E-state index in [0.29, 0.717) is 0 Å². The smallest absolute Gasteiger partial charge is 0.413 e. The lowest BCUT2D eigenvalue weighted by Crippen LogP contribution is -2.25. The number of allylic oxidation sites excluding steroid dienone is 1. The van der Waals surface area contributed by atoms with Crippen LogP contribution >= 0.6 is 0 Å². The van der Waals surface area contributed by atoms with Crippen molar-refractivity contribution in [2.75, 3.05) is 19.1 Å². The molecule has 0 unspecified atom stereocenters. The highest BCUT2D eigenvalue weighted by molar-refractivity contribution is 6.00. The van der Waals surface area contributed by atoms with Gasteiger partial charge in [0.25, 0.3) is 0 Å². The number of carbonyl (C=O) groups is 1. The number of aromatic amines is 1. The van der Waals surface area contributed by atoms with Gasteiger partial charge in [-0.05, 0) is 35.4 Å². The average Bonchev–Trinajstić information content (AvgIpc) is 3.15. The predicted octanol–water partition coefficient (Wildman–Crippen LogP) is 4.22. The van der Waals surface area contributed by atoms with Crippen molar-refractivity contribution in [2.45, 2.75) is 6.92 Å². The molecule has 122 valence electrons. The molecule has 5 nitrogen and oxygen atoms in total. The zero-order valence-corrected chi connectivity index (χ0v) is 13.9. The number of nitrogens with zero attached hydrogens (tertiary/aromatic N) is 2. The summed E-state index contributed by atoms with van der Waals surface area (Å²) in [6.45, 7) is 2.00. The maximum atomic E-state index is 11.8. The average molecular weight is 321 g/mol. The van der Waals surface area contributed by atoms with E-state index >= 15 is 0 Å². The van der Waals surface area contributed by atoms with Crippen molar-refractivity contribution in [2.24, 2.45) is 0 Å². The molecule has 3 rings (SSSR count). The molecule has 0 atom stereocenters. The van der Waals surface area contributed by atoms with Gasteiger partial charge in [0.2, 0.25) is 0 Å². The fourth-order valence-electron chi connectivity index (χ4n) is 2.81. The second kappa shape index (κ2) is 6.58. The minimum atomic E-state index is -0.397. The Morgan fingerprint density at radius 3 is 2.79 bits per heavy atom. The van der Waals surface area contributed by atoms with Crippen molar-refractivity contribution in [1.82, 2.24) is 9.97 Å². The van der Waals surface area contributed by atoms with Crippen molar-refractivity contribution in [3.8, 4) is 0 Å². The number of methoxy groups -OCH3 is 1. The van der Waals surface area contributed by atoms with Crippen LogP contribution in [-0.4, -0.2) is 30.2 Å². The summed E-state index contributed by atoms with van der Waals surface area (Å²) < 4.78 is 4.80. The quantitative estimate of drug-likeness (QED) is 0.786. The van der Waals surface area contributed by atoms with E-state index in [1.54, 1.807) is 19.6 Å². The van der Waals surface area contributed by atoms with Crippen molar-refractivity contribution in [3.63, 3.8) is 0 Å². The van der Waals surface area contributed by atoms with Crippen LogP contribution in [0.25, 0.3) is 16.3 Å². The molecule has 1 aromatic heterocycles. The van der Waals surface area contributed by atoms with Crippen LogP contribution in [0, 0.1) is 0 Å². The number of amides is 1. The minimum absolute atomic E-state index is 0.397. The molecule has 0 aliphatic heterocycles. The largest absolute Gasteiger partial charge is 0.452 e. The molecule has 24 heavy (non-hydrogen) atoms. The van der Waals surface area contributed by atoms with Crippen molar-refractivity contribution in [3.05, 3.63) is 66.3 Å². The lowest BCUT2D eigenvalue weighted by atomic mass is 9.96. The van der Waals surface area contributed by atoms with Crippen LogP contribution in [-0.2, 0) is 4.74 Å². The maximum absolute atomic E-state index is 11.8. The van der Waals surface area contributed by atoms with Gasteiger partial charge >= 0.3 is 6.09 Å². The first-order valence-electron chi connectivity index (χ1n) is 7.65. The summed E-state index contributed by atoms with van der Waals surface area (Å²) in [7, 11) is 3.07. The number of rotatable bonds is 3. The standard InChI is InChI=1S/C19H19N3O2/c1-4-15(18-11-20-12-21-18)16-7-5-6-13-8-9-14(10-17(13)16)22(2)19(23)24-3/h4-12H,1-3H3,(H,20,21). The van der Waals surface area contributed by atoms with Gasteiger partial charge in [-0.1, -0.05) is 30.3 Å². The van der Waals surface area contributed by atoms with Crippen molar-refractivity contribution in [1.29, 1.82) is 0 Å². The number of H-pyrrole nitrogens is 1.